The zero-order valence-corrected chi connectivity index (χ0v) is 23.7. The lowest BCUT2D eigenvalue weighted by Crippen LogP contribution is -2.20. The topological polar surface area (TPSA) is 80.9 Å². The van der Waals surface area contributed by atoms with E-state index in [1.54, 1.807) is 30.3 Å². The van der Waals surface area contributed by atoms with Crippen molar-refractivity contribution >= 4 is 0 Å². The third-order valence-electron chi connectivity index (χ3n) is 7.86. The highest BCUT2D eigenvalue weighted by atomic mass is 16.3. The van der Waals surface area contributed by atoms with Gasteiger partial charge in [-0.15, -0.1) is 0 Å². The Bertz CT molecular complexity index is 1380. The number of hydrogen-bond acceptors (Lipinski definition) is 4. The maximum atomic E-state index is 9.76. The molecule has 4 aromatic rings. The third-order valence-corrected chi connectivity index (χ3v) is 7.86. The Hall–Kier alpha value is -3.92. The first-order chi connectivity index (χ1) is 17.7. The largest absolute Gasteiger partial charge is 0.508 e. The van der Waals surface area contributed by atoms with Crippen molar-refractivity contribution in [1.29, 1.82) is 0 Å². The van der Waals surface area contributed by atoms with E-state index in [1.807, 2.05) is 70.2 Å². The van der Waals surface area contributed by atoms with Crippen molar-refractivity contribution in [3.05, 3.63) is 117 Å². The van der Waals surface area contributed by atoms with E-state index in [2.05, 4.69) is 27.7 Å². The van der Waals surface area contributed by atoms with E-state index in [0.29, 0.717) is 17.2 Å². The number of hydrogen-bond donors (Lipinski definition) is 4. The van der Waals surface area contributed by atoms with E-state index >= 15 is 0 Å². The van der Waals surface area contributed by atoms with Crippen molar-refractivity contribution in [2.75, 3.05) is 0 Å². The van der Waals surface area contributed by atoms with Gasteiger partial charge in [-0.3, -0.25) is 0 Å². The van der Waals surface area contributed by atoms with Crippen LogP contribution in [0.25, 0.3) is 0 Å². The predicted octanol–water partition coefficient (Wildman–Crippen LogP) is 8.08. The summed E-state index contributed by atoms with van der Waals surface area (Å²) in [7, 11) is 0. The van der Waals surface area contributed by atoms with Crippen LogP contribution in [0, 0.1) is 27.7 Å². The molecule has 4 aromatic carbocycles. The van der Waals surface area contributed by atoms with Crippen LogP contribution in [0.15, 0.2) is 72.8 Å². The van der Waals surface area contributed by atoms with Gasteiger partial charge in [0.15, 0.2) is 0 Å². The number of benzene rings is 4. The Labute approximate surface area is 226 Å². The number of rotatable bonds is 4. The summed E-state index contributed by atoms with van der Waals surface area (Å²) in [6, 6.07) is 22.4. The summed E-state index contributed by atoms with van der Waals surface area (Å²) in [6.07, 6.45) is 0. The molecule has 0 aliphatic heterocycles. The highest BCUT2D eigenvalue weighted by Crippen LogP contribution is 2.37. The van der Waals surface area contributed by atoms with Crippen molar-refractivity contribution in [3.63, 3.8) is 0 Å². The van der Waals surface area contributed by atoms with E-state index in [9.17, 15) is 20.4 Å². The van der Waals surface area contributed by atoms with Crippen LogP contribution in [0.1, 0.15) is 72.2 Å². The maximum absolute atomic E-state index is 9.76. The van der Waals surface area contributed by atoms with Gasteiger partial charge in [0, 0.05) is 10.8 Å². The van der Waals surface area contributed by atoms with Crippen LogP contribution < -0.4 is 0 Å². The smallest absolute Gasteiger partial charge is 0.118 e. The molecule has 0 amide bonds. The quantitative estimate of drug-likeness (QED) is 0.223. The Balaban J connectivity index is 0.000000211. The van der Waals surface area contributed by atoms with E-state index in [0.717, 1.165) is 38.9 Å². The summed E-state index contributed by atoms with van der Waals surface area (Å²) in [5, 5.41) is 38.4. The van der Waals surface area contributed by atoms with Gasteiger partial charge in [0.1, 0.15) is 23.0 Å². The number of phenolic OH excluding ortho intramolecular Hbond substituents is 4. The molecule has 0 radical (unpaired) electrons. The summed E-state index contributed by atoms with van der Waals surface area (Å²) in [4.78, 5) is 0. The molecular formula is C34H40O4. The molecule has 4 rings (SSSR count). The molecule has 0 aliphatic rings. The first-order valence-electron chi connectivity index (χ1n) is 12.9. The van der Waals surface area contributed by atoms with Gasteiger partial charge in [0.2, 0.25) is 0 Å². The van der Waals surface area contributed by atoms with Crippen LogP contribution in [0.4, 0.5) is 0 Å². The van der Waals surface area contributed by atoms with Gasteiger partial charge >= 0.3 is 0 Å². The lowest BCUT2D eigenvalue weighted by atomic mass is 9.75. The maximum Gasteiger partial charge on any atom is 0.118 e. The molecule has 0 heterocycles. The molecule has 0 saturated carbocycles. The van der Waals surface area contributed by atoms with E-state index in [-0.39, 0.29) is 16.6 Å². The molecule has 0 atom stereocenters. The second kappa shape index (κ2) is 10.8. The molecule has 0 bridgehead atoms. The molecule has 0 aromatic heterocycles. The highest BCUT2D eigenvalue weighted by Gasteiger charge is 2.26. The van der Waals surface area contributed by atoms with Gasteiger partial charge in [0.25, 0.3) is 0 Å². The van der Waals surface area contributed by atoms with Crippen LogP contribution in [-0.4, -0.2) is 20.4 Å². The van der Waals surface area contributed by atoms with Crippen molar-refractivity contribution in [2.24, 2.45) is 0 Å². The summed E-state index contributed by atoms with van der Waals surface area (Å²) >= 11 is 0. The fourth-order valence-corrected chi connectivity index (χ4v) is 4.77. The van der Waals surface area contributed by atoms with E-state index < -0.39 is 0 Å². The van der Waals surface area contributed by atoms with Gasteiger partial charge in [-0.2, -0.15) is 0 Å². The standard InChI is InChI=1S/2C17H20O2/c1-11-9-13(5-7-15(11)18)17(3,4)14-6-8-16(19)12(2)10-14;1-11-12(2)16(19)10-9-15(11)17(3,4)13-5-7-14(18)8-6-13/h2*5-10,18-19H,1-4H3. The van der Waals surface area contributed by atoms with E-state index in [1.165, 1.54) is 5.56 Å². The summed E-state index contributed by atoms with van der Waals surface area (Å²) in [5.74, 6) is 1.25. The molecule has 0 spiro atoms. The molecular weight excluding hydrogens is 472 g/mol. The molecule has 0 aliphatic carbocycles. The minimum absolute atomic E-state index is 0.170. The fourth-order valence-electron chi connectivity index (χ4n) is 4.77. The molecule has 0 unspecified atom stereocenters. The third kappa shape index (κ3) is 5.80. The first kappa shape index (κ1) is 28.6. The fraction of sp³-hybridized carbons (Fsp3) is 0.294. The Morgan fingerprint density at radius 3 is 1.32 bits per heavy atom. The van der Waals surface area contributed by atoms with Gasteiger partial charge in [-0.1, -0.05) is 70.2 Å². The normalized spacial score (nSPS) is 11.6. The van der Waals surface area contributed by atoms with Crippen molar-refractivity contribution < 1.29 is 20.4 Å². The lowest BCUT2D eigenvalue weighted by molar-refractivity contribution is 0.468. The summed E-state index contributed by atoms with van der Waals surface area (Å²) in [5.41, 5.74) is 8.06. The lowest BCUT2D eigenvalue weighted by Gasteiger charge is -2.29. The average Bonchev–Trinajstić information content (AvgIpc) is 2.86. The molecule has 200 valence electrons. The molecule has 0 saturated heterocycles. The van der Waals surface area contributed by atoms with Crippen molar-refractivity contribution in [1.82, 2.24) is 0 Å². The van der Waals surface area contributed by atoms with E-state index in [4.69, 9.17) is 0 Å². The van der Waals surface area contributed by atoms with Crippen molar-refractivity contribution in [3.8, 4) is 23.0 Å². The second-order valence-corrected chi connectivity index (χ2v) is 11.2. The Kier molecular flexibility index (Phi) is 8.16. The molecule has 0 fully saturated rings. The Morgan fingerprint density at radius 2 is 0.868 bits per heavy atom. The number of aromatic hydroxyl groups is 4. The molecule has 4 nitrogen and oxygen atoms in total. The monoisotopic (exact) mass is 512 g/mol. The minimum atomic E-state index is -0.170. The predicted molar refractivity (Wildman–Crippen MR) is 156 cm³/mol. The van der Waals surface area contributed by atoms with Gasteiger partial charge < -0.3 is 20.4 Å². The minimum Gasteiger partial charge on any atom is -0.508 e. The zero-order valence-electron chi connectivity index (χ0n) is 23.7. The number of aryl methyl sites for hydroxylation is 2. The van der Waals surface area contributed by atoms with Crippen LogP contribution in [-0.2, 0) is 10.8 Å². The zero-order chi connectivity index (χ0) is 28.4. The molecule has 4 heteroatoms. The number of phenols is 4. The van der Waals surface area contributed by atoms with Gasteiger partial charge in [0.05, 0.1) is 0 Å². The van der Waals surface area contributed by atoms with Crippen LogP contribution in [0.2, 0.25) is 0 Å². The van der Waals surface area contributed by atoms with Gasteiger partial charge in [-0.25, -0.2) is 0 Å². The van der Waals surface area contributed by atoms with Crippen LogP contribution >= 0.6 is 0 Å². The first-order valence-corrected chi connectivity index (χ1v) is 12.9. The Morgan fingerprint density at radius 1 is 0.447 bits per heavy atom. The summed E-state index contributed by atoms with van der Waals surface area (Å²) < 4.78 is 0. The molecule has 4 N–H and O–H groups in total. The molecule has 38 heavy (non-hydrogen) atoms. The average molecular weight is 513 g/mol. The SMILES string of the molecule is Cc1c(O)ccc(C(C)(C)c2ccc(O)cc2)c1C.Cc1cc(C(C)(C)c2ccc(O)c(C)c2)ccc1O. The van der Waals surface area contributed by atoms with Gasteiger partial charge in [-0.05, 0) is 103 Å². The van der Waals surface area contributed by atoms with Crippen molar-refractivity contribution in [2.45, 2.75) is 66.2 Å². The second-order valence-electron chi connectivity index (χ2n) is 11.2. The van der Waals surface area contributed by atoms with Crippen LogP contribution in [0.5, 0.6) is 23.0 Å². The van der Waals surface area contributed by atoms with Crippen LogP contribution in [0.3, 0.4) is 0 Å². The summed E-state index contributed by atoms with van der Waals surface area (Å²) in [6.45, 7) is 16.4. The highest BCUT2D eigenvalue weighted by molar-refractivity contribution is 5.50.